The second kappa shape index (κ2) is 11.7. The number of nitrogens with zero attached hydrogens (tertiary/aromatic N) is 3. The number of Topliss-reactive ketones (excluding diaryl/α,β-unsaturated/α-hetero) is 1. The Kier molecular flexibility index (Phi) is 8.99. The smallest absolute Gasteiger partial charge is 0.247 e. The molecule has 0 unspecified atom stereocenters. The molecule has 1 aliphatic heterocycles. The van der Waals surface area contributed by atoms with E-state index in [9.17, 15) is 27.7 Å². The first-order valence-electron chi connectivity index (χ1n) is 11.3. The molecule has 1 fully saturated rings. The molecule has 8 nitrogen and oxygen atoms in total. The fourth-order valence-corrected chi connectivity index (χ4v) is 6.04. The van der Waals surface area contributed by atoms with Crippen molar-refractivity contribution < 1.29 is 22.4 Å². The molecule has 1 aromatic heterocycles. The largest absolute Gasteiger partial charge is 0.317 e. The summed E-state index contributed by atoms with van der Waals surface area (Å²) in [6, 6.07) is 8.19. The predicted molar refractivity (Wildman–Crippen MR) is 132 cm³/mol. The Morgan fingerprint density at radius 2 is 1.91 bits per heavy atom. The lowest BCUT2D eigenvalue weighted by atomic mass is 9.97. The van der Waals surface area contributed by atoms with Gasteiger partial charge in [-0.3, -0.25) is 9.59 Å². The van der Waals surface area contributed by atoms with Gasteiger partial charge in [-0.15, -0.1) is 11.8 Å². The number of rotatable bonds is 9. The number of carbonyl (C=O) groups is 2. The molecule has 2 heterocycles. The summed E-state index contributed by atoms with van der Waals surface area (Å²) in [5, 5.41) is 13.2. The maximum Gasteiger partial charge on any atom is 0.247 e. The highest BCUT2D eigenvalue weighted by atomic mass is 32.2. The number of thioether (sulfide) groups is 1. The van der Waals surface area contributed by atoms with Gasteiger partial charge in [-0.1, -0.05) is 19.1 Å². The molecule has 1 amide bonds. The van der Waals surface area contributed by atoms with Gasteiger partial charge >= 0.3 is 0 Å². The maximum atomic E-state index is 13.6. The number of anilines is 1. The van der Waals surface area contributed by atoms with Crippen molar-refractivity contribution in [3.63, 3.8) is 0 Å². The summed E-state index contributed by atoms with van der Waals surface area (Å²) in [4.78, 5) is 30.6. The summed E-state index contributed by atoms with van der Waals surface area (Å²) in [6.07, 6.45) is 3.41. The van der Waals surface area contributed by atoms with Crippen LogP contribution in [0.3, 0.4) is 0 Å². The SMILES string of the molecule is CCCC(=O)c1cc(C#N)c(N(C(=O)C2CCNCC2)S(=O)(=O)Cc2ccc(F)cc2)nc1SC. The molecule has 0 spiro atoms. The molecular formula is C24H27FN4O4S2. The van der Waals surface area contributed by atoms with Crippen molar-refractivity contribution in [3.05, 3.63) is 52.8 Å². The molecule has 11 heteroatoms. The monoisotopic (exact) mass is 518 g/mol. The normalized spacial score (nSPS) is 14.3. The number of nitriles is 1. The molecule has 1 N–H and O–H groups in total. The summed E-state index contributed by atoms with van der Waals surface area (Å²) in [7, 11) is -4.36. The van der Waals surface area contributed by atoms with Crippen molar-refractivity contribution in [2.45, 2.75) is 43.4 Å². The van der Waals surface area contributed by atoms with E-state index in [1.165, 1.54) is 18.2 Å². The van der Waals surface area contributed by atoms with E-state index >= 15 is 0 Å². The molecule has 35 heavy (non-hydrogen) atoms. The minimum Gasteiger partial charge on any atom is -0.317 e. The zero-order valence-electron chi connectivity index (χ0n) is 19.6. The van der Waals surface area contributed by atoms with Gasteiger partial charge in [0, 0.05) is 12.3 Å². The van der Waals surface area contributed by atoms with Gasteiger partial charge in [0.25, 0.3) is 0 Å². The second-order valence-corrected chi connectivity index (χ2v) is 10.8. The third kappa shape index (κ3) is 6.25. The van der Waals surface area contributed by atoms with Crippen molar-refractivity contribution in [2.24, 2.45) is 5.92 Å². The zero-order valence-corrected chi connectivity index (χ0v) is 21.2. The molecule has 1 saturated heterocycles. The van der Waals surface area contributed by atoms with Gasteiger partial charge in [-0.05, 0) is 62.4 Å². The molecule has 2 aromatic rings. The number of nitrogens with one attached hydrogen (secondary N) is 1. The molecule has 186 valence electrons. The van der Waals surface area contributed by atoms with Crippen LogP contribution in [-0.2, 0) is 20.6 Å². The summed E-state index contributed by atoms with van der Waals surface area (Å²) >= 11 is 1.14. The summed E-state index contributed by atoms with van der Waals surface area (Å²) in [6.45, 7) is 2.97. The summed E-state index contributed by atoms with van der Waals surface area (Å²) < 4.78 is 41.2. The highest BCUT2D eigenvalue weighted by Crippen LogP contribution is 2.32. The molecule has 1 aliphatic rings. The Hall–Kier alpha value is -2.81. The average Bonchev–Trinajstić information content (AvgIpc) is 2.85. The number of halogens is 1. The number of benzene rings is 1. The van der Waals surface area contributed by atoms with Crippen LogP contribution in [0.4, 0.5) is 10.2 Å². The minimum absolute atomic E-state index is 0.174. The number of amides is 1. The Labute approximate surface area is 209 Å². The van der Waals surface area contributed by atoms with Crippen molar-refractivity contribution >= 4 is 39.3 Å². The molecular weight excluding hydrogens is 491 g/mol. The summed E-state index contributed by atoms with van der Waals surface area (Å²) in [5.74, 6) is -2.86. The standard InChI is InChI=1S/C24H27FN4O4S2/c1-3-4-21(30)20-13-18(14-26)22(28-23(20)34-2)29(24(31)17-9-11-27-12-10-17)35(32,33)15-16-5-7-19(25)8-6-16/h5-8,13,17,27H,3-4,9-12,15H2,1-2H3. The first-order valence-corrected chi connectivity index (χ1v) is 14.1. The average molecular weight is 519 g/mol. The predicted octanol–water partition coefficient (Wildman–Crippen LogP) is 3.66. The molecule has 0 bridgehead atoms. The maximum absolute atomic E-state index is 13.6. The Bertz CT molecular complexity index is 1240. The first-order chi connectivity index (χ1) is 16.7. The van der Waals surface area contributed by atoms with Gasteiger partial charge in [0.2, 0.25) is 15.9 Å². The highest BCUT2D eigenvalue weighted by molar-refractivity contribution is 7.98. The Balaban J connectivity index is 2.16. The molecule has 0 saturated carbocycles. The summed E-state index contributed by atoms with van der Waals surface area (Å²) in [5.41, 5.74) is 0.338. The van der Waals surface area contributed by atoms with Crippen molar-refractivity contribution in [1.82, 2.24) is 10.3 Å². The lowest BCUT2D eigenvalue weighted by Gasteiger charge is -2.29. The molecule has 1 aromatic carbocycles. The van der Waals surface area contributed by atoms with E-state index in [4.69, 9.17) is 0 Å². The van der Waals surface area contributed by atoms with Gasteiger partial charge in [-0.25, -0.2) is 17.8 Å². The van der Waals surface area contributed by atoms with E-state index in [0.29, 0.717) is 36.7 Å². The van der Waals surface area contributed by atoms with Gasteiger partial charge in [0.1, 0.15) is 16.9 Å². The molecule has 0 atom stereocenters. The van der Waals surface area contributed by atoms with Crippen LogP contribution in [0.25, 0.3) is 0 Å². The third-order valence-electron chi connectivity index (χ3n) is 5.68. The number of hydrogen-bond donors (Lipinski definition) is 1. The van der Waals surface area contributed by atoms with Crippen LogP contribution in [0.5, 0.6) is 0 Å². The van der Waals surface area contributed by atoms with E-state index < -0.39 is 33.4 Å². The topological polar surface area (TPSA) is 120 Å². The third-order valence-corrected chi connectivity index (χ3v) is 7.99. The zero-order chi connectivity index (χ0) is 25.6. The van der Waals surface area contributed by atoms with Crippen LogP contribution in [0.15, 0.2) is 35.4 Å². The van der Waals surface area contributed by atoms with E-state index in [1.54, 1.807) is 6.26 Å². The van der Waals surface area contributed by atoms with Crippen LogP contribution in [-0.4, -0.2) is 44.4 Å². The molecule has 0 radical (unpaired) electrons. The second-order valence-electron chi connectivity index (χ2n) is 8.21. The number of pyridine rings is 1. The number of carbonyl (C=O) groups excluding carboxylic acids is 2. The first kappa shape index (κ1) is 26.8. The van der Waals surface area contributed by atoms with Crippen LogP contribution >= 0.6 is 11.8 Å². The minimum atomic E-state index is -4.36. The van der Waals surface area contributed by atoms with Gasteiger partial charge in [-0.2, -0.15) is 9.57 Å². The van der Waals surface area contributed by atoms with Crippen LogP contribution in [0.2, 0.25) is 0 Å². The Morgan fingerprint density at radius 3 is 2.49 bits per heavy atom. The van der Waals surface area contributed by atoms with Gasteiger partial charge in [0.05, 0.1) is 16.9 Å². The van der Waals surface area contributed by atoms with E-state index in [2.05, 4.69) is 10.3 Å². The Morgan fingerprint density at radius 1 is 1.26 bits per heavy atom. The number of ketones is 1. The van der Waals surface area contributed by atoms with Crippen LogP contribution < -0.4 is 9.62 Å². The fourth-order valence-electron chi connectivity index (χ4n) is 3.91. The van der Waals surface area contributed by atoms with E-state index in [0.717, 1.165) is 23.9 Å². The number of sulfonamides is 1. The fraction of sp³-hybridized carbons (Fsp3) is 0.417. The highest BCUT2D eigenvalue weighted by Gasteiger charge is 2.38. The quantitative estimate of drug-likeness (QED) is 0.394. The molecule has 0 aliphatic carbocycles. The van der Waals surface area contributed by atoms with Crippen LogP contribution in [0, 0.1) is 23.1 Å². The van der Waals surface area contributed by atoms with E-state index in [-0.39, 0.29) is 39.7 Å². The van der Waals surface area contributed by atoms with Crippen molar-refractivity contribution in [3.8, 4) is 6.07 Å². The van der Waals surface area contributed by atoms with Gasteiger partial charge in [0.15, 0.2) is 11.6 Å². The number of hydrogen-bond acceptors (Lipinski definition) is 8. The molecule has 3 rings (SSSR count). The van der Waals surface area contributed by atoms with Crippen molar-refractivity contribution in [1.29, 1.82) is 5.26 Å². The van der Waals surface area contributed by atoms with Crippen molar-refractivity contribution in [2.75, 3.05) is 23.7 Å². The lowest BCUT2D eigenvalue weighted by Crippen LogP contribution is -2.45. The van der Waals surface area contributed by atoms with E-state index in [1.807, 2.05) is 13.0 Å². The number of aromatic nitrogens is 1. The van der Waals surface area contributed by atoms with Gasteiger partial charge < -0.3 is 5.32 Å². The lowest BCUT2D eigenvalue weighted by molar-refractivity contribution is -0.121. The number of piperidine rings is 1. The van der Waals surface area contributed by atoms with Crippen LogP contribution in [0.1, 0.15) is 54.1 Å².